The number of aliphatic hydroxyl groups excluding tert-OH is 2. The van der Waals surface area contributed by atoms with Gasteiger partial charge in [0.15, 0.2) is 6.17 Å². The van der Waals surface area contributed by atoms with E-state index >= 15 is 0 Å². The number of hydrogen-bond donors (Lipinski definition) is 2. The van der Waals surface area contributed by atoms with Crippen molar-refractivity contribution in [3.63, 3.8) is 0 Å². The molecule has 1 fully saturated rings. The number of rotatable bonds is 2. The molecule has 3 nitrogen and oxygen atoms in total. The first-order valence-electron chi connectivity index (χ1n) is 3.37. The van der Waals surface area contributed by atoms with Gasteiger partial charge in [-0.2, -0.15) is 0 Å². The fourth-order valence-electron chi connectivity index (χ4n) is 1.10. The van der Waals surface area contributed by atoms with Crippen molar-refractivity contribution in [2.45, 2.75) is 17.9 Å². The van der Waals surface area contributed by atoms with Crippen LogP contribution in [0.2, 0.25) is 0 Å². The second kappa shape index (κ2) is 2.89. The molecule has 0 aromatic carbocycles. The summed E-state index contributed by atoms with van der Waals surface area (Å²) in [6, 6.07) is 0. The fraction of sp³-hybridized carbons (Fsp3) is 0.714. The van der Waals surface area contributed by atoms with Crippen molar-refractivity contribution in [2.24, 2.45) is 0 Å². The molecule has 3 atom stereocenters. The van der Waals surface area contributed by atoms with Gasteiger partial charge < -0.3 is 14.9 Å². The van der Waals surface area contributed by atoms with Gasteiger partial charge in [0.05, 0.1) is 13.2 Å². The fourth-order valence-corrected chi connectivity index (χ4v) is 1.10. The first-order chi connectivity index (χ1) is 5.16. The minimum atomic E-state index is -1.43. The van der Waals surface area contributed by atoms with Crippen LogP contribution < -0.4 is 0 Å². The van der Waals surface area contributed by atoms with Crippen LogP contribution in [0.5, 0.6) is 0 Å². The van der Waals surface area contributed by atoms with Crippen molar-refractivity contribution in [1.29, 1.82) is 0 Å². The van der Waals surface area contributed by atoms with Gasteiger partial charge in [0.1, 0.15) is 11.7 Å². The standard InChI is InChI=1S/C7H11FO3/c1-2-7(4-9)6(10)5(8)3-11-7/h2,5-6,9-10H,1,3-4H2. The zero-order valence-corrected chi connectivity index (χ0v) is 6.03. The molecule has 0 aromatic rings. The smallest absolute Gasteiger partial charge is 0.152 e. The Hall–Kier alpha value is -0.450. The Bertz CT molecular complexity index is 162. The Morgan fingerprint density at radius 2 is 2.45 bits per heavy atom. The van der Waals surface area contributed by atoms with E-state index in [1.165, 1.54) is 6.08 Å². The summed E-state index contributed by atoms with van der Waals surface area (Å²) in [5.74, 6) is 0. The highest BCUT2D eigenvalue weighted by Crippen LogP contribution is 2.28. The summed E-state index contributed by atoms with van der Waals surface area (Å²) in [6.45, 7) is 2.73. The van der Waals surface area contributed by atoms with Gasteiger partial charge in [-0.3, -0.25) is 0 Å². The molecule has 3 unspecified atom stereocenters. The number of ether oxygens (including phenoxy) is 1. The first kappa shape index (κ1) is 8.64. The number of aliphatic hydroxyl groups is 2. The average molecular weight is 162 g/mol. The molecule has 1 aliphatic rings. The van der Waals surface area contributed by atoms with Crippen molar-refractivity contribution >= 4 is 0 Å². The molecule has 1 saturated heterocycles. The minimum Gasteiger partial charge on any atom is -0.393 e. The lowest BCUT2D eigenvalue weighted by atomic mass is 9.97. The van der Waals surface area contributed by atoms with Crippen LogP contribution in [0.25, 0.3) is 0 Å². The van der Waals surface area contributed by atoms with Crippen molar-refractivity contribution in [1.82, 2.24) is 0 Å². The molecule has 0 bridgehead atoms. The summed E-state index contributed by atoms with van der Waals surface area (Å²) < 4.78 is 17.5. The molecule has 0 radical (unpaired) electrons. The number of hydrogen-bond acceptors (Lipinski definition) is 3. The summed E-state index contributed by atoms with van der Waals surface area (Å²) in [7, 11) is 0. The maximum Gasteiger partial charge on any atom is 0.152 e. The molecular formula is C7H11FO3. The largest absolute Gasteiger partial charge is 0.393 e. The maximum atomic E-state index is 12.7. The Balaban J connectivity index is 2.77. The van der Waals surface area contributed by atoms with Crippen molar-refractivity contribution in [3.05, 3.63) is 12.7 Å². The van der Waals surface area contributed by atoms with E-state index in [2.05, 4.69) is 6.58 Å². The normalized spacial score (nSPS) is 44.3. The SMILES string of the molecule is C=CC1(CO)OCC(F)C1O. The first-order valence-corrected chi connectivity index (χ1v) is 3.37. The van der Waals surface area contributed by atoms with Gasteiger partial charge in [0.25, 0.3) is 0 Å². The van der Waals surface area contributed by atoms with E-state index in [9.17, 15) is 9.50 Å². The van der Waals surface area contributed by atoms with Gasteiger partial charge in [-0.1, -0.05) is 6.08 Å². The highest BCUT2D eigenvalue weighted by Gasteiger charge is 2.47. The Labute approximate surface area is 64.1 Å². The topological polar surface area (TPSA) is 49.7 Å². The zero-order chi connectivity index (χ0) is 8.48. The van der Waals surface area contributed by atoms with Crippen LogP contribution in [-0.4, -0.2) is 41.3 Å². The predicted octanol–water partition coefficient (Wildman–Crippen LogP) is -0.367. The minimum absolute atomic E-state index is 0.187. The van der Waals surface area contributed by atoms with E-state index in [1.807, 2.05) is 0 Å². The van der Waals surface area contributed by atoms with Crippen LogP contribution in [0.3, 0.4) is 0 Å². The van der Waals surface area contributed by atoms with Gasteiger partial charge in [0, 0.05) is 0 Å². The molecule has 64 valence electrons. The van der Waals surface area contributed by atoms with Crippen LogP contribution in [0.4, 0.5) is 4.39 Å². The highest BCUT2D eigenvalue weighted by atomic mass is 19.1. The van der Waals surface area contributed by atoms with Gasteiger partial charge in [0.2, 0.25) is 0 Å². The van der Waals surface area contributed by atoms with E-state index in [0.717, 1.165) is 0 Å². The Kier molecular flexibility index (Phi) is 2.27. The van der Waals surface area contributed by atoms with E-state index in [1.54, 1.807) is 0 Å². The molecule has 0 spiro atoms. The third kappa shape index (κ3) is 1.17. The molecule has 11 heavy (non-hydrogen) atoms. The molecule has 4 heteroatoms. The molecule has 0 aromatic heterocycles. The lowest BCUT2D eigenvalue weighted by Gasteiger charge is -2.24. The third-order valence-corrected chi connectivity index (χ3v) is 1.95. The number of halogens is 1. The molecule has 0 aliphatic carbocycles. The molecule has 1 aliphatic heterocycles. The van der Waals surface area contributed by atoms with E-state index in [4.69, 9.17) is 9.84 Å². The quantitative estimate of drug-likeness (QED) is 0.545. The summed E-state index contributed by atoms with van der Waals surface area (Å²) in [6.07, 6.45) is -1.50. The van der Waals surface area contributed by atoms with Gasteiger partial charge in [-0.25, -0.2) is 4.39 Å². The maximum absolute atomic E-state index is 12.7. The van der Waals surface area contributed by atoms with Gasteiger partial charge in [-0.05, 0) is 0 Å². The molecule has 2 N–H and O–H groups in total. The Morgan fingerprint density at radius 3 is 2.64 bits per heavy atom. The van der Waals surface area contributed by atoms with E-state index in [0.29, 0.717) is 0 Å². The van der Waals surface area contributed by atoms with Crippen LogP contribution in [0.1, 0.15) is 0 Å². The lowest BCUT2D eigenvalue weighted by Crippen LogP contribution is -2.43. The van der Waals surface area contributed by atoms with Crippen LogP contribution in [0, 0.1) is 0 Å². The Morgan fingerprint density at radius 1 is 1.82 bits per heavy atom. The molecule has 1 heterocycles. The summed E-state index contributed by atoms with van der Waals surface area (Å²) in [4.78, 5) is 0. The monoisotopic (exact) mass is 162 g/mol. The highest BCUT2D eigenvalue weighted by molar-refractivity contribution is 5.08. The van der Waals surface area contributed by atoms with Crippen molar-refractivity contribution in [2.75, 3.05) is 13.2 Å². The van der Waals surface area contributed by atoms with E-state index < -0.39 is 24.5 Å². The second-order valence-corrected chi connectivity index (χ2v) is 2.59. The predicted molar refractivity (Wildman–Crippen MR) is 36.9 cm³/mol. The van der Waals surface area contributed by atoms with Gasteiger partial charge in [-0.15, -0.1) is 6.58 Å². The summed E-state index contributed by atoms with van der Waals surface area (Å²) >= 11 is 0. The van der Waals surface area contributed by atoms with E-state index in [-0.39, 0.29) is 6.61 Å². The summed E-state index contributed by atoms with van der Waals surface area (Å²) in [5, 5.41) is 18.0. The third-order valence-electron chi connectivity index (χ3n) is 1.95. The van der Waals surface area contributed by atoms with Crippen LogP contribution in [-0.2, 0) is 4.74 Å². The van der Waals surface area contributed by atoms with Gasteiger partial charge >= 0.3 is 0 Å². The lowest BCUT2D eigenvalue weighted by molar-refractivity contribution is -0.0576. The van der Waals surface area contributed by atoms with Crippen LogP contribution in [0.15, 0.2) is 12.7 Å². The molecule has 0 amide bonds. The zero-order valence-electron chi connectivity index (χ0n) is 6.03. The summed E-state index contributed by atoms with van der Waals surface area (Å²) in [5.41, 5.74) is -1.29. The van der Waals surface area contributed by atoms with Crippen molar-refractivity contribution in [3.8, 4) is 0 Å². The average Bonchev–Trinajstić information content (AvgIpc) is 2.32. The molecule has 1 rings (SSSR count). The second-order valence-electron chi connectivity index (χ2n) is 2.59. The van der Waals surface area contributed by atoms with Crippen molar-refractivity contribution < 1.29 is 19.3 Å². The molecule has 0 saturated carbocycles. The molecular weight excluding hydrogens is 151 g/mol. The number of alkyl halides is 1. The van der Waals surface area contributed by atoms with Crippen LogP contribution >= 0.6 is 0 Å².